The van der Waals surface area contributed by atoms with E-state index in [-0.39, 0.29) is 25.4 Å². The minimum absolute atomic E-state index is 0. The van der Waals surface area contributed by atoms with Crippen LogP contribution in [0.4, 0.5) is 13.2 Å². The molecule has 11 heavy (non-hydrogen) atoms. The molecule has 0 amide bonds. The van der Waals surface area contributed by atoms with Crippen molar-refractivity contribution in [3.63, 3.8) is 0 Å². The Balaban J connectivity index is 0.000001000. The molecule has 1 fully saturated rings. The van der Waals surface area contributed by atoms with E-state index in [0.717, 1.165) is 0 Å². The molecule has 2 N–H and O–H groups in total. The third-order valence-electron chi connectivity index (χ3n) is 1.54. The first-order valence-corrected chi connectivity index (χ1v) is 3.00. The van der Waals surface area contributed by atoms with Gasteiger partial charge in [0.15, 0.2) is 0 Å². The molecule has 0 spiro atoms. The second kappa shape index (κ2) is 3.60. The van der Waals surface area contributed by atoms with Crippen molar-refractivity contribution in [1.82, 2.24) is 5.32 Å². The SMILES string of the molecule is Cl.OC1CCNC1C(F)(F)F. The van der Waals surface area contributed by atoms with Gasteiger partial charge < -0.3 is 10.4 Å². The van der Waals surface area contributed by atoms with Crippen molar-refractivity contribution in [3.8, 4) is 0 Å². The third kappa shape index (κ3) is 2.50. The Morgan fingerprint density at radius 2 is 1.91 bits per heavy atom. The summed E-state index contributed by atoms with van der Waals surface area (Å²) in [4.78, 5) is 0. The van der Waals surface area contributed by atoms with E-state index >= 15 is 0 Å². The first-order valence-electron chi connectivity index (χ1n) is 3.00. The van der Waals surface area contributed by atoms with Gasteiger partial charge in [0.2, 0.25) is 0 Å². The highest BCUT2D eigenvalue weighted by atomic mass is 35.5. The second-order valence-corrected chi connectivity index (χ2v) is 2.33. The van der Waals surface area contributed by atoms with Gasteiger partial charge in [0.05, 0.1) is 6.10 Å². The summed E-state index contributed by atoms with van der Waals surface area (Å²) in [5, 5.41) is 10.9. The maximum atomic E-state index is 11.8. The molecule has 1 rings (SSSR count). The van der Waals surface area contributed by atoms with E-state index in [1.165, 1.54) is 0 Å². The summed E-state index contributed by atoms with van der Waals surface area (Å²) in [7, 11) is 0. The van der Waals surface area contributed by atoms with Crippen LogP contribution in [0.15, 0.2) is 0 Å². The van der Waals surface area contributed by atoms with E-state index in [2.05, 4.69) is 5.32 Å². The summed E-state index contributed by atoms with van der Waals surface area (Å²) in [6, 6.07) is -1.72. The van der Waals surface area contributed by atoms with E-state index in [1.807, 2.05) is 0 Å². The monoisotopic (exact) mass is 191 g/mol. The Morgan fingerprint density at radius 1 is 1.36 bits per heavy atom. The minimum atomic E-state index is -4.31. The highest BCUT2D eigenvalue weighted by Gasteiger charge is 2.46. The first kappa shape index (κ1) is 11.0. The average Bonchev–Trinajstić information content (AvgIpc) is 2.11. The molecule has 1 aliphatic rings. The van der Waals surface area contributed by atoms with Gasteiger partial charge in [0, 0.05) is 0 Å². The summed E-state index contributed by atoms with van der Waals surface area (Å²) in [6.45, 7) is 0.241. The summed E-state index contributed by atoms with van der Waals surface area (Å²) in [6.07, 6.45) is -5.39. The first-order chi connectivity index (χ1) is 4.52. The Hall–Kier alpha value is -0.0000000000000000555. The molecule has 6 heteroatoms. The van der Waals surface area contributed by atoms with Gasteiger partial charge in [0.25, 0.3) is 0 Å². The summed E-state index contributed by atoms with van der Waals surface area (Å²) >= 11 is 0. The smallest absolute Gasteiger partial charge is 0.391 e. The minimum Gasteiger partial charge on any atom is -0.391 e. The predicted octanol–water partition coefficient (Wildman–Crippen LogP) is 0.693. The normalized spacial score (nSPS) is 31.6. The Bertz CT molecular complexity index is 129. The third-order valence-corrected chi connectivity index (χ3v) is 1.54. The fraction of sp³-hybridized carbons (Fsp3) is 1.00. The lowest BCUT2D eigenvalue weighted by molar-refractivity contribution is -0.169. The number of hydrogen-bond acceptors (Lipinski definition) is 2. The summed E-state index contributed by atoms with van der Waals surface area (Å²) in [5.74, 6) is 0. The molecule has 2 unspecified atom stereocenters. The highest BCUT2D eigenvalue weighted by molar-refractivity contribution is 5.85. The van der Waals surface area contributed by atoms with Crippen LogP contribution in [0, 0.1) is 0 Å². The highest BCUT2D eigenvalue weighted by Crippen LogP contribution is 2.26. The van der Waals surface area contributed by atoms with E-state index in [0.29, 0.717) is 0 Å². The van der Waals surface area contributed by atoms with Gasteiger partial charge in [-0.15, -0.1) is 12.4 Å². The van der Waals surface area contributed by atoms with E-state index in [1.54, 1.807) is 0 Å². The van der Waals surface area contributed by atoms with Crippen molar-refractivity contribution < 1.29 is 18.3 Å². The quantitative estimate of drug-likeness (QED) is 0.591. The Labute approximate surface area is 68.2 Å². The molecule has 0 saturated carbocycles. The zero-order valence-corrected chi connectivity index (χ0v) is 6.37. The molecule has 68 valence electrons. The van der Waals surface area contributed by atoms with Gasteiger partial charge in [-0.3, -0.25) is 0 Å². The maximum Gasteiger partial charge on any atom is 0.406 e. The van der Waals surface area contributed by atoms with Crippen molar-refractivity contribution in [2.45, 2.75) is 24.7 Å². The average molecular weight is 192 g/mol. The van der Waals surface area contributed by atoms with Gasteiger partial charge in [-0.1, -0.05) is 0 Å². The van der Waals surface area contributed by atoms with Crippen molar-refractivity contribution in [1.29, 1.82) is 0 Å². The standard InChI is InChI=1S/C5H8F3NO.ClH/c6-5(7,8)4-3(10)1-2-9-4;/h3-4,9-10H,1-2H2;1H. The lowest BCUT2D eigenvalue weighted by atomic mass is 10.2. The van der Waals surface area contributed by atoms with Crippen LogP contribution in [0.1, 0.15) is 6.42 Å². The van der Waals surface area contributed by atoms with Crippen molar-refractivity contribution in [2.24, 2.45) is 0 Å². The van der Waals surface area contributed by atoms with Crippen LogP contribution >= 0.6 is 12.4 Å². The van der Waals surface area contributed by atoms with E-state index < -0.39 is 18.3 Å². The van der Waals surface area contributed by atoms with Crippen LogP contribution < -0.4 is 5.32 Å². The molecule has 0 bridgehead atoms. The fourth-order valence-electron chi connectivity index (χ4n) is 1.02. The second-order valence-electron chi connectivity index (χ2n) is 2.33. The zero-order chi connectivity index (χ0) is 7.78. The van der Waals surface area contributed by atoms with E-state index in [9.17, 15) is 13.2 Å². The maximum absolute atomic E-state index is 11.8. The number of alkyl halides is 3. The van der Waals surface area contributed by atoms with Crippen LogP contribution in [-0.4, -0.2) is 30.0 Å². The topological polar surface area (TPSA) is 32.3 Å². The zero-order valence-electron chi connectivity index (χ0n) is 5.56. The summed E-state index contributed by atoms with van der Waals surface area (Å²) < 4.78 is 35.4. The number of halogens is 4. The predicted molar refractivity (Wildman–Crippen MR) is 35.7 cm³/mol. The number of hydrogen-bond donors (Lipinski definition) is 2. The van der Waals surface area contributed by atoms with Crippen LogP contribution in [-0.2, 0) is 0 Å². The Morgan fingerprint density at radius 3 is 2.09 bits per heavy atom. The largest absolute Gasteiger partial charge is 0.406 e. The van der Waals surface area contributed by atoms with Crippen molar-refractivity contribution in [3.05, 3.63) is 0 Å². The molecular weight excluding hydrogens is 183 g/mol. The molecule has 0 aliphatic carbocycles. The number of aliphatic hydroxyl groups is 1. The molecule has 2 atom stereocenters. The molecule has 1 heterocycles. The molecular formula is C5H9ClF3NO. The summed E-state index contributed by atoms with van der Waals surface area (Å²) in [5.41, 5.74) is 0. The van der Waals surface area contributed by atoms with Gasteiger partial charge in [-0.05, 0) is 13.0 Å². The van der Waals surface area contributed by atoms with Gasteiger partial charge in [-0.2, -0.15) is 13.2 Å². The molecule has 1 saturated heterocycles. The van der Waals surface area contributed by atoms with Gasteiger partial charge >= 0.3 is 6.18 Å². The lowest BCUT2D eigenvalue weighted by Gasteiger charge is -2.17. The van der Waals surface area contributed by atoms with Crippen molar-refractivity contribution in [2.75, 3.05) is 6.54 Å². The molecule has 0 radical (unpaired) electrons. The van der Waals surface area contributed by atoms with Crippen LogP contribution in [0.5, 0.6) is 0 Å². The molecule has 0 aromatic rings. The van der Waals surface area contributed by atoms with E-state index in [4.69, 9.17) is 5.11 Å². The lowest BCUT2D eigenvalue weighted by Crippen LogP contribution is -2.43. The molecule has 2 nitrogen and oxygen atoms in total. The number of aliphatic hydroxyl groups excluding tert-OH is 1. The molecule has 1 aliphatic heterocycles. The van der Waals surface area contributed by atoms with Crippen molar-refractivity contribution >= 4 is 12.4 Å². The Kier molecular flexibility index (Phi) is 3.60. The van der Waals surface area contributed by atoms with Crippen LogP contribution in [0.25, 0.3) is 0 Å². The molecule has 0 aromatic carbocycles. The van der Waals surface area contributed by atoms with Gasteiger partial charge in [-0.25, -0.2) is 0 Å². The van der Waals surface area contributed by atoms with Crippen LogP contribution in [0.2, 0.25) is 0 Å². The number of nitrogens with one attached hydrogen (secondary N) is 1. The number of rotatable bonds is 0. The van der Waals surface area contributed by atoms with Crippen LogP contribution in [0.3, 0.4) is 0 Å². The fourth-order valence-corrected chi connectivity index (χ4v) is 1.02. The van der Waals surface area contributed by atoms with Gasteiger partial charge in [0.1, 0.15) is 6.04 Å². The molecule has 0 aromatic heterocycles.